The molecule has 0 aromatic carbocycles. The Balaban J connectivity index is 2.39. The van der Waals surface area contributed by atoms with Crippen LogP contribution in [0.3, 0.4) is 0 Å². The van der Waals surface area contributed by atoms with Crippen molar-refractivity contribution in [2.45, 2.75) is 18.9 Å². The lowest BCUT2D eigenvalue weighted by Crippen LogP contribution is -2.36. The van der Waals surface area contributed by atoms with Crippen molar-refractivity contribution in [3.05, 3.63) is 6.92 Å². The molecule has 1 aliphatic rings. The summed E-state index contributed by atoms with van der Waals surface area (Å²) in [5.74, 6) is -0.818. The molecule has 1 saturated heterocycles. The molecule has 0 saturated carbocycles. The van der Waals surface area contributed by atoms with Crippen LogP contribution in [0.25, 0.3) is 0 Å². The molecule has 0 aliphatic carbocycles. The summed E-state index contributed by atoms with van der Waals surface area (Å²) in [4.78, 5) is 12.3. The second-order valence-electron chi connectivity index (χ2n) is 2.60. The second-order valence-corrected chi connectivity index (χ2v) is 2.60. The molecule has 3 nitrogen and oxygen atoms in total. The van der Waals surface area contributed by atoms with E-state index in [1.54, 1.807) is 0 Å². The summed E-state index contributed by atoms with van der Waals surface area (Å²) in [7, 11) is 0. The van der Waals surface area contributed by atoms with Crippen LogP contribution in [0, 0.1) is 6.92 Å². The number of hydrogen-bond donors (Lipinski definition) is 1. The van der Waals surface area contributed by atoms with Crippen molar-refractivity contribution in [3.8, 4) is 0 Å². The van der Waals surface area contributed by atoms with Crippen molar-refractivity contribution in [2.24, 2.45) is 0 Å². The van der Waals surface area contributed by atoms with Crippen molar-refractivity contribution >= 4 is 5.97 Å². The van der Waals surface area contributed by atoms with E-state index in [0.29, 0.717) is 0 Å². The first kappa shape index (κ1) is 7.54. The predicted molar refractivity (Wildman–Crippen MR) is 37.6 cm³/mol. The summed E-state index contributed by atoms with van der Waals surface area (Å²) in [5, 5.41) is 8.54. The molecule has 0 bridgehead atoms. The standard InChI is InChI=1S/C7H12NO2/c1-6(7(9)10)8-4-2-3-5-8/h6H,1-5H2,(H,9,10). The van der Waals surface area contributed by atoms with E-state index < -0.39 is 12.0 Å². The van der Waals surface area contributed by atoms with Crippen LogP contribution < -0.4 is 0 Å². The Morgan fingerprint density at radius 1 is 1.50 bits per heavy atom. The van der Waals surface area contributed by atoms with Gasteiger partial charge in [0.15, 0.2) is 0 Å². The fraction of sp³-hybridized carbons (Fsp3) is 0.714. The monoisotopic (exact) mass is 142 g/mol. The lowest BCUT2D eigenvalue weighted by molar-refractivity contribution is -0.141. The van der Waals surface area contributed by atoms with Crippen molar-refractivity contribution in [1.82, 2.24) is 4.90 Å². The Hall–Kier alpha value is -0.570. The van der Waals surface area contributed by atoms with E-state index in [9.17, 15) is 4.79 Å². The smallest absolute Gasteiger partial charge is 0.320 e. The maximum Gasteiger partial charge on any atom is 0.320 e. The summed E-state index contributed by atoms with van der Waals surface area (Å²) in [6.45, 7) is 5.32. The summed E-state index contributed by atoms with van der Waals surface area (Å²) in [5.41, 5.74) is 0. The Labute approximate surface area is 60.6 Å². The fourth-order valence-corrected chi connectivity index (χ4v) is 1.21. The molecule has 1 rings (SSSR count). The van der Waals surface area contributed by atoms with E-state index in [0.717, 1.165) is 25.9 Å². The van der Waals surface area contributed by atoms with Crippen LogP contribution in [-0.2, 0) is 4.79 Å². The predicted octanol–water partition coefficient (Wildman–Crippen LogP) is 0.369. The van der Waals surface area contributed by atoms with Gasteiger partial charge in [-0.15, -0.1) is 0 Å². The van der Waals surface area contributed by atoms with Gasteiger partial charge in [0.25, 0.3) is 0 Å². The molecule has 0 amide bonds. The highest BCUT2D eigenvalue weighted by molar-refractivity contribution is 5.74. The van der Waals surface area contributed by atoms with E-state index in [1.165, 1.54) is 0 Å². The number of carboxylic acid groups (broad SMARTS) is 1. The molecule has 1 unspecified atom stereocenters. The molecule has 1 aliphatic heterocycles. The maximum absolute atomic E-state index is 10.4. The lowest BCUT2D eigenvalue weighted by Gasteiger charge is -2.18. The molecule has 1 fully saturated rings. The van der Waals surface area contributed by atoms with Gasteiger partial charge in [-0.1, -0.05) is 0 Å². The number of carbonyl (C=O) groups is 1. The lowest BCUT2D eigenvalue weighted by atomic mass is 10.3. The topological polar surface area (TPSA) is 40.5 Å². The van der Waals surface area contributed by atoms with E-state index >= 15 is 0 Å². The van der Waals surface area contributed by atoms with Crippen LogP contribution in [0.15, 0.2) is 0 Å². The van der Waals surface area contributed by atoms with Gasteiger partial charge in [0.1, 0.15) is 6.04 Å². The third-order valence-electron chi connectivity index (χ3n) is 1.87. The molecule has 57 valence electrons. The molecule has 3 heteroatoms. The van der Waals surface area contributed by atoms with Gasteiger partial charge in [0, 0.05) is 0 Å². The molecule has 1 atom stereocenters. The minimum Gasteiger partial charge on any atom is -0.480 e. The summed E-state index contributed by atoms with van der Waals surface area (Å²) < 4.78 is 0. The SMILES string of the molecule is [CH2]C(C(=O)O)N1CCCC1. The average Bonchev–Trinajstić information content (AvgIpc) is 2.36. The van der Waals surface area contributed by atoms with Crippen LogP contribution in [0.2, 0.25) is 0 Å². The molecular weight excluding hydrogens is 130 g/mol. The molecule has 1 heterocycles. The van der Waals surface area contributed by atoms with Gasteiger partial charge in [-0.25, -0.2) is 0 Å². The molecular formula is C7H12NO2. The van der Waals surface area contributed by atoms with Crippen molar-refractivity contribution in [1.29, 1.82) is 0 Å². The molecule has 1 N–H and O–H groups in total. The Kier molecular flexibility index (Phi) is 2.27. The molecule has 0 spiro atoms. The third-order valence-corrected chi connectivity index (χ3v) is 1.87. The minimum atomic E-state index is -0.818. The molecule has 0 aromatic rings. The first-order valence-electron chi connectivity index (χ1n) is 3.52. The van der Waals surface area contributed by atoms with Gasteiger partial charge in [-0.05, 0) is 32.9 Å². The Morgan fingerprint density at radius 2 is 2.00 bits per heavy atom. The molecule has 0 aromatic heterocycles. The first-order chi connectivity index (χ1) is 4.72. The zero-order chi connectivity index (χ0) is 7.56. The van der Waals surface area contributed by atoms with Gasteiger partial charge < -0.3 is 5.11 Å². The number of hydrogen-bond acceptors (Lipinski definition) is 2. The van der Waals surface area contributed by atoms with Crippen molar-refractivity contribution in [3.63, 3.8) is 0 Å². The first-order valence-corrected chi connectivity index (χ1v) is 3.52. The van der Waals surface area contributed by atoms with Gasteiger partial charge in [-0.3, -0.25) is 9.69 Å². The van der Waals surface area contributed by atoms with E-state index in [-0.39, 0.29) is 0 Å². The summed E-state index contributed by atoms with van der Waals surface area (Å²) in [6.07, 6.45) is 2.22. The third kappa shape index (κ3) is 1.48. The van der Waals surface area contributed by atoms with Gasteiger partial charge in [0.05, 0.1) is 0 Å². The van der Waals surface area contributed by atoms with Crippen molar-refractivity contribution in [2.75, 3.05) is 13.1 Å². The average molecular weight is 142 g/mol. The van der Waals surface area contributed by atoms with Gasteiger partial charge in [-0.2, -0.15) is 0 Å². The van der Waals surface area contributed by atoms with Crippen molar-refractivity contribution < 1.29 is 9.90 Å². The van der Waals surface area contributed by atoms with Gasteiger partial charge in [0.2, 0.25) is 0 Å². The van der Waals surface area contributed by atoms with Crippen LogP contribution in [-0.4, -0.2) is 35.1 Å². The molecule has 10 heavy (non-hydrogen) atoms. The van der Waals surface area contributed by atoms with Crippen LogP contribution in [0.5, 0.6) is 0 Å². The zero-order valence-electron chi connectivity index (χ0n) is 5.92. The highest BCUT2D eigenvalue weighted by Gasteiger charge is 2.22. The van der Waals surface area contributed by atoms with Crippen LogP contribution in [0.4, 0.5) is 0 Å². The van der Waals surface area contributed by atoms with E-state index in [4.69, 9.17) is 5.11 Å². The number of nitrogens with zero attached hydrogens (tertiary/aromatic N) is 1. The molecule has 1 radical (unpaired) electrons. The number of rotatable bonds is 2. The summed E-state index contributed by atoms with van der Waals surface area (Å²) in [6, 6.07) is -0.539. The number of aliphatic carboxylic acids is 1. The highest BCUT2D eigenvalue weighted by Crippen LogP contribution is 2.10. The second kappa shape index (κ2) is 3.01. The largest absolute Gasteiger partial charge is 0.480 e. The zero-order valence-corrected chi connectivity index (χ0v) is 5.92. The highest BCUT2D eigenvalue weighted by atomic mass is 16.4. The Morgan fingerprint density at radius 3 is 2.40 bits per heavy atom. The number of carboxylic acids is 1. The minimum absolute atomic E-state index is 0.539. The van der Waals surface area contributed by atoms with E-state index in [1.807, 2.05) is 4.90 Å². The normalized spacial score (nSPS) is 22.9. The van der Waals surface area contributed by atoms with Crippen LogP contribution in [0.1, 0.15) is 12.8 Å². The van der Waals surface area contributed by atoms with Gasteiger partial charge >= 0.3 is 5.97 Å². The summed E-state index contributed by atoms with van der Waals surface area (Å²) >= 11 is 0. The Bertz CT molecular complexity index is 130. The quantitative estimate of drug-likeness (QED) is 0.605. The maximum atomic E-state index is 10.4. The van der Waals surface area contributed by atoms with Crippen LogP contribution >= 0.6 is 0 Å². The number of likely N-dealkylation sites (tertiary alicyclic amines) is 1. The fourth-order valence-electron chi connectivity index (χ4n) is 1.21. The van der Waals surface area contributed by atoms with E-state index in [2.05, 4.69) is 6.92 Å².